The molecule has 1 aromatic carbocycles. The molecule has 1 aliphatic carbocycles. The molecule has 4 nitrogen and oxygen atoms in total. The number of ether oxygens (including phenoxy) is 1. The van der Waals surface area contributed by atoms with Gasteiger partial charge in [0.25, 0.3) is 5.91 Å². The molecule has 0 aliphatic heterocycles. The van der Waals surface area contributed by atoms with Crippen LogP contribution in [0, 0.1) is 0 Å². The average molecular weight is 245 g/mol. The molecule has 0 spiro atoms. The van der Waals surface area contributed by atoms with Crippen LogP contribution >= 0.6 is 0 Å². The maximum atomic E-state index is 12.0. The number of amides is 1. The molecule has 0 atom stereocenters. The summed E-state index contributed by atoms with van der Waals surface area (Å²) in [5.41, 5.74) is 1.86. The Labute approximate surface area is 106 Å². The third-order valence-corrected chi connectivity index (χ3v) is 2.95. The molecule has 4 heteroatoms. The van der Waals surface area contributed by atoms with E-state index in [9.17, 15) is 9.59 Å². The van der Waals surface area contributed by atoms with Crippen LogP contribution in [0.25, 0.3) is 0 Å². The van der Waals surface area contributed by atoms with Crippen molar-refractivity contribution in [3.05, 3.63) is 47.2 Å². The smallest absolute Gasteiger partial charge is 0.335 e. The number of allylic oxidation sites excluding steroid dienone is 1. The van der Waals surface area contributed by atoms with Crippen LogP contribution in [-0.4, -0.2) is 19.0 Å². The van der Waals surface area contributed by atoms with E-state index < -0.39 is 0 Å². The van der Waals surface area contributed by atoms with E-state index in [2.05, 4.69) is 5.32 Å². The van der Waals surface area contributed by atoms with E-state index in [0.29, 0.717) is 29.7 Å². The van der Waals surface area contributed by atoms with Gasteiger partial charge < -0.3 is 10.1 Å². The number of carbonyl (C=O) groups is 2. The second kappa shape index (κ2) is 5.49. The molecule has 0 saturated carbocycles. The topological polar surface area (TPSA) is 55.4 Å². The lowest BCUT2D eigenvalue weighted by Gasteiger charge is -2.08. The van der Waals surface area contributed by atoms with Crippen LogP contribution in [0.2, 0.25) is 0 Å². The molecule has 0 heterocycles. The number of nitrogens with one attached hydrogen (secondary N) is 1. The zero-order chi connectivity index (χ0) is 13.0. The van der Waals surface area contributed by atoms with Crippen molar-refractivity contribution in [1.29, 1.82) is 0 Å². The lowest BCUT2D eigenvalue weighted by molar-refractivity contribution is -0.136. The Balaban J connectivity index is 2.14. The highest BCUT2D eigenvalue weighted by atomic mass is 16.5. The Bertz CT molecular complexity index is 491. The predicted molar refractivity (Wildman–Crippen MR) is 66.8 cm³/mol. The third-order valence-electron chi connectivity index (χ3n) is 2.95. The van der Waals surface area contributed by atoms with E-state index in [0.717, 1.165) is 6.42 Å². The molecule has 0 saturated heterocycles. The highest BCUT2D eigenvalue weighted by Gasteiger charge is 2.23. The summed E-state index contributed by atoms with van der Waals surface area (Å²) in [6.07, 6.45) is 2.24. The van der Waals surface area contributed by atoms with Gasteiger partial charge in [-0.25, -0.2) is 4.79 Å². The number of hydrogen-bond acceptors (Lipinski definition) is 3. The summed E-state index contributed by atoms with van der Waals surface area (Å²) in [6.45, 7) is 0. The van der Waals surface area contributed by atoms with E-state index in [-0.39, 0.29) is 11.9 Å². The molecular weight excluding hydrogens is 230 g/mol. The van der Waals surface area contributed by atoms with Crippen LogP contribution < -0.4 is 5.32 Å². The van der Waals surface area contributed by atoms with Gasteiger partial charge >= 0.3 is 5.97 Å². The van der Waals surface area contributed by atoms with E-state index in [1.807, 2.05) is 6.07 Å². The number of carbonyl (C=O) groups excluding carboxylic acids is 2. The SMILES string of the molecule is COC(=O)C1=C(NC(=O)c2ccccc2)CCC1. The molecule has 0 fully saturated rings. The van der Waals surface area contributed by atoms with Crippen molar-refractivity contribution < 1.29 is 14.3 Å². The van der Waals surface area contributed by atoms with Crippen LogP contribution in [-0.2, 0) is 9.53 Å². The Hall–Kier alpha value is -2.10. The first-order valence-corrected chi connectivity index (χ1v) is 5.89. The van der Waals surface area contributed by atoms with Gasteiger partial charge in [-0.2, -0.15) is 0 Å². The lowest BCUT2D eigenvalue weighted by atomic mass is 10.2. The monoisotopic (exact) mass is 245 g/mol. The summed E-state index contributed by atoms with van der Waals surface area (Å²) < 4.78 is 4.70. The molecule has 1 N–H and O–H groups in total. The summed E-state index contributed by atoms with van der Waals surface area (Å²) in [5, 5.41) is 2.80. The molecule has 0 radical (unpaired) electrons. The van der Waals surface area contributed by atoms with Gasteiger partial charge in [0.15, 0.2) is 0 Å². The molecule has 2 rings (SSSR count). The van der Waals surface area contributed by atoms with Gasteiger partial charge in [0.2, 0.25) is 0 Å². The Morgan fingerprint density at radius 3 is 2.56 bits per heavy atom. The zero-order valence-electron chi connectivity index (χ0n) is 10.2. The van der Waals surface area contributed by atoms with Crippen molar-refractivity contribution in [3.8, 4) is 0 Å². The fourth-order valence-corrected chi connectivity index (χ4v) is 2.03. The highest BCUT2D eigenvalue weighted by molar-refractivity contribution is 5.97. The Kier molecular flexibility index (Phi) is 3.77. The number of methoxy groups -OCH3 is 1. The van der Waals surface area contributed by atoms with E-state index in [4.69, 9.17) is 4.74 Å². The minimum atomic E-state index is -0.351. The summed E-state index contributed by atoms with van der Waals surface area (Å²) >= 11 is 0. The zero-order valence-corrected chi connectivity index (χ0v) is 10.2. The van der Waals surface area contributed by atoms with E-state index in [1.165, 1.54) is 7.11 Å². The van der Waals surface area contributed by atoms with Crippen LogP contribution in [0.15, 0.2) is 41.6 Å². The molecule has 1 amide bonds. The number of esters is 1. The van der Waals surface area contributed by atoms with Gasteiger partial charge in [0.1, 0.15) is 0 Å². The summed E-state index contributed by atoms with van der Waals surface area (Å²) in [4.78, 5) is 23.5. The molecule has 0 unspecified atom stereocenters. The van der Waals surface area contributed by atoms with Crippen LogP contribution in [0.4, 0.5) is 0 Å². The standard InChI is InChI=1S/C14H15NO3/c1-18-14(17)11-8-5-9-12(11)15-13(16)10-6-3-2-4-7-10/h2-4,6-7H,5,8-9H2,1H3,(H,15,16). The minimum Gasteiger partial charge on any atom is -0.466 e. The second-order valence-electron chi connectivity index (χ2n) is 4.12. The second-order valence-corrected chi connectivity index (χ2v) is 4.12. The van der Waals surface area contributed by atoms with Gasteiger partial charge in [-0.15, -0.1) is 0 Å². The fourth-order valence-electron chi connectivity index (χ4n) is 2.03. The summed E-state index contributed by atoms with van der Waals surface area (Å²) in [5.74, 6) is -0.537. The van der Waals surface area contributed by atoms with Gasteiger partial charge in [-0.1, -0.05) is 18.2 Å². The van der Waals surface area contributed by atoms with Crippen LogP contribution in [0.5, 0.6) is 0 Å². The predicted octanol–water partition coefficient (Wildman–Crippen LogP) is 2.03. The fraction of sp³-hybridized carbons (Fsp3) is 0.286. The van der Waals surface area contributed by atoms with Gasteiger partial charge in [-0.05, 0) is 31.4 Å². The molecule has 0 bridgehead atoms. The first-order chi connectivity index (χ1) is 8.72. The Morgan fingerprint density at radius 2 is 1.89 bits per heavy atom. The lowest BCUT2D eigenvalue weighted by Crippen LogP contribution is -2.24. The number of rotatable bonds is 3. The van der Waals surface area contributed by atoms with Crippen LogP contribution in [0.1, 0.15) is 29.6 Å². The van der Waals surface area contributed by atoms with Gasteiger partial charge in [-0.3, -0.25) is 4.79 Å². The van der Waals surface area contributed by atoms with Crippen molar-refractivity contribution in [2.45, 2.75) is 19.3 Å². The third kappa shape index (κ3) is 2.59. The minimum absolute atomic E-state index is 0.186. The van der Waals surface area contributed by atoms with Crippen molar-refractivity contribution in [2.24, 2.45) is 0 Å². The van der Waals surface area contributed by atoms with Crippen molar-refractivity contribution >= 4 is 11.9 Å². The number of benzene rings is 1. The van der Waals surface area contributed by atoms with Gasteiger partial charge in [0, 0.05) is 11.3 Å². The van der Waals surface area contributed by atoms with E-state index in [1.54, 1.807) is 24.3 Å². The highest BCUT2D eigenvalue weighted by Crippen LogP contribution is 2.25. The first kappa shape index (κ1) is 12.4. The largest absolute Gasteiger partial charge is 0.466 e. The molecule has 1 aliphatic rings. The van der Waals surface area contributed by atoms with Crippen molar-refractivity contribution in [3.63, 3.8) is 0 Å². The van der Waals surface area contributed by atoms with E-state index >= 15 is 0 Å². The molecule has 18 heavy (non-hydrogen) atoms. The molecule has 1 aromatic rings. The maximum Gasteiger partial charge on any atom is 0.335 e. The van der Waals surface area contributed by atoms with Crippen molar-refractivity contribution in [1.82, 2.24) is 5.32 Å². The molecular formula is C14H15NO3. The van der Waals surface area contributed by atoms with Gasteiger partial charge in [0.05, 0.1) is 12.7 Å². The summed E-state index contributed by atoms with van der Waals surface area (Å²) in [6, 6.07) is 8.94. The summed E-state index contributed by atoms with van der Waals surface area (Å²) in [7, 11) is 1.35. The first-order valence-electron chi connectivity index (χ1n) is 5.89. The average Bonchev–Trinajstić information content (AvgIpc) is 2.87. The molecule has 94 valence electrons. The Morgan fingerprint density at radius 1 is 1.17 bits per heavy atom. The molecule has 0 aromatic heterocycles. The van der Waals surface area contributed by atoms with Crippen molar-refractivity contribution in [2.75, 3.05) is 7.11 Å². The van der Waals surface area contributed by atoms with Crippen LogP contribution in [0.3, 0.4) is 0 Å². The maximum absolute atomic E-state index is 12.0. The normalized spacial score (nSPS) is 14.5. The quantitative estimate of drug-likeness (QED) is 0.829. The number of hydrogen-bond donors (Lipinski definition) is 1.